The number of benzene rings is 1. The highest BCUT2D eigenvalue weighted by Gasteiger charge is 2.40. The van der Waals surface area contributed by atoms with Gasteiger partial charge in [0.25, 0.3) is 5.91 Å². The van der Waals surface area contributed by atoms with Gasteiger partial charge in [0.1, 0.15) is 0 Å². The van der Waals surface area contributed by atoms with Crippen LogP contribution in [0.2, 0.25) is 0 Å². The van der Waals surface area contributed by atoms with Crippen molar-refractivity contribution in [2.24, 2.45) is 23.5 Å². The lowest BCUT2D eigenvalue weighted by molar-refractivity contribution is -0.125. The first kappa shape index (κ1) is 18.2. The summed E-state index contributed by atoms with van der Waals surface area (Å²) >= 11 is 0. The van der Waals surface area contributed by atoms with E-state index in [1.807, 2.05) is 24.3 Å². The second kappa shape index (κ2) is 7.43. The molecule has 27 heavy (non-hydrogen) atoms. The first-order chi connectivity index (χ1) is 13.0. The SMILES string of the molecule is NC1CC2CCCC(C1)C2NC(=O)c1ccc(CC2CC(=O)NC2=O)cc1. The summed E-state index contributed by atoms with van der Waals surface area (Å²) in [4.78, 5) is 35.7. The van der Waals surface area contributed by atoms with Crippen LogP contribution in [0.25, 0.3) is 0 Å². The number of carbonyl (C=O) groups is 3. The van der Waals surface area contributed by atoms with Gasteiger partial charge in [-0.2, -0.15) is 0 Å². The third kappa shape index (κ3) is 3.90. The molecule has 1 aromatic carbocycles. The Kier molecular flexibility index (Phi) is 5.00. The topological polar surface area (TPSA) is 101 Å². The normalized spacial score (nSPS) is 32.9. The number of hydrogen-bond donors (Lipinski definition) is 3. The minimum atomic E-state index is -0.303. The average Bonchev–Trinajstić information content (AvgIpc) is 2.93. The Labute approximate surface area is 159 Å². The fourth-order valence-electron chi connectivity index (χ4n) is 5.11. The molecule has 1 heterocycles. The van der Waals surface area contributed by atoms with Crippen molar-refractivity contribution in [2.45, 2.75) is 57.0 Å². The van der Waals surface area contributed by atoms with Gasteiger partial charge in [-0.05, 0) is 61.6 Å². The van der Waals surface area contributed by atoms with E-state index in [0.29, 0.717) is 23.8 Å². The van der Waals surface area contributed by atoms with Gasteiger partial charge < -0.3 is 11.1 Å². The van der Waals surface area contributed by atoms with Crippen molar-refractivity contribution in [3.63, 3.8) is 0 Å². The van der Waals surface area contributed by atoms with E-state index in [2.05, 4.69) is 10.6 Å². The average molecular weight is 369 g/mol. The lowest BCUT2D eigenvalue weighted by atomic mass is 9.67. The number of imide groups is 1. The third-order valence-electron chi connectivity index (χ3n) is 6.44. The van der Waals surface area contributed by atoms with E-state index >= 15 is 0 Å². The van der Waals surface area contributed by atoms with Gasteiger partial charge in [0.05, 0.1) is 5.92 Å². The molecular weight excluding hydrogens is 342 g/mol. The number of fused-ring (bicyclic) bond motifs is 2. The molecule has 2 aliphatic carbocycles. The van der Waals surface area contributed by atoms with Crippen molar-refractivity contribution < 1.29 is 14.4 Å². The van der Waals surface area contributed by atoms with E-state index in [0.717, 1.165) is 31.2 Å². The predicted molar refractivity (Wildman–Crippen MR) is 101 cm³/mol. The molecule has 3 aliphatic rings. The first-order valence-corrected chi connectivity index (χ1v) is 9.98. The van der Waals surface area contributed by atoms with Crippen LogP contribution in [0, 0.1) is 17.8 Å². The summed E-state index contributed by atoms with van der Waals surface area (Å²) in [5, 5.41) is 5.59. The monoisotopic (exact) mass is 369 g/mol. The van der Waals surface area contributed by atoms with Gasteiger partial charge in [0.15, 0.2) is 0 Å². The van der Waals surface area contributed by atoms with Crippen molar-refractivity contribution >= 4 is 17.7 Å². The molecule has 4 N–H and O–H groups in total. The number of amides is 3. The van der Waals surface area contributed by atoms with Crippen LogP contribution in [0.5, 0.6) is 0 Å². The molecular formula is C21H27N3O3. The molecule has 3 atom stereocenters. The fourth-order valence-corrected chi connectivity index (χ4v) is 5.11. The number of nitrogens with one attached hydrogen (secondary N) is 2. The van der Waals surface area contributed by atoms with Crippen molar-refractivity contribution in [1.82, 2.24) is 10.6 Å². The van der Waals surface area contributed by atoms with E-state index < -0.39 is 0 Å². The highest BCUT2D eigenvalue weighted by Crippen LogP contribution is 2.39. The molecule has 0 radical (unpaired) electrons. The Morgan fingerprint density at radius 1 is 1.11 bits per heavy atom. The van der Waals surface area contributed by atoms with Crippen molar-refractivity contribution in [1.29, 1.82) is 0 Å². The van der Waals surface area contributed by atoms with Crippen LogP contribution in [0.3, 0.4) is 0 Å². The standard InChI is InChI=1S/C21H27N3O3/c22-17-9-14-2-1-3-15(10-17)19(14)24-20(26)13-6-4-12(5-7-13)8-16-11-18(25)23-21(16)27/h4-7,14-17,19H,1-3,8-11,22H2,(H,24,26)(H,23,25,27). The fraction of sp³-hybridized carbons (Fsp3) is 0.571. The van der Waals surface area contributed by atoms with Crippen LogP contribution in [0.4, 0.5) is 0 Å². The van der Waals surface area contributed by atoms with Gasteiger partial charge in [-0.25, -0.2) is 0 Å². The molecule has 6 nitrogen and oxygen atoms in total. The number of hydrogen-bond acceptors (Lipinski definition) is 4. The Morgan fingerprint density at radius 3 is 2.37 bits per heavy atom. The Morgan fingerprint density at radius 2 is 1.78 bits per heavy atom. The Bertz CT molecular complexity index is 732. The van der Waals surface area contributed by atoms with E-state index in [1.54, 1.807) is 0 Å². The van der Waals surface area contributed by atoms with Crippen LogP contribution in [0.15, 0.2) is 24.3 Å². The van der Waals surface area contributed by atoms with E-state index in [9.17, 15) is 14.4 Å². The molecule has 1 aromatic rings. The lowest BCUT2D eigenvalue weighted by Crippen LogP contribution is -2.53. The van der Waals surface area contributed by atoms with Crippen molar-refractivity contribution in [3.05, 3.63) is 35.4 Å². The molecule has 2 bridgehead atoms. The van der Waals surface area contributed by atoms with Crippen LogP contribution in [0.1, 0.15) is 54.4 Å². The highest BCUT2D eigenvalue weighted by atomic mass is 16.2. The maximum atomic E-state index is 12.7. The first-order valence-electron chi connectivity index (χ1n) is 9.98. The zero-order valence-electron chi connectivity index (χ0n) is 15.4. The molecule has 3 amide bonds. The van der Waals surface area contributed by atoms with Crippen molar-refractivity contribution in [2.75, 3.05) is 0 Å². The summed E-state index contributed by atoms with van der Waals surface area (Å²) < 4.78 is 0. The number of rotatable bonds is 4. The molecule has 3 unspecified atom stereocenters. The summed E-state index contributed by atoms with van der Waals surface area (Å²) in [6.45, 7) is 0. The summed E-state index contributed by atoms with van der Waals surface area (Å²) in [5.41, 5.74) is 7.77. The smallest absolute Gasteiger partial charge is 0.251 e. The zero-order chi connectivity index (χ0) is 19.0. The maximum absolute atomic E-state index is 12.7. The van der Waals surface area contributed by atoms with Crippen LogP contribution < -0.4 is 16.4 Å². The van der Waals surface area contributed by atoms with Gasteiger partial charge in [-0.3, -0.25) is 19.7 Å². The number of carbonyl (C=O) groups excluding carboxylic acids is 3. The largest absolute Gasteiger partial charge is 0.349 e. The number of nitrogens with two attached hydrogens (primary N) is 1. The van der Waals surface area contributed by atoms with Gasteiger partial charge >= 0.3 is 0 Å². The molecule has 2 saturated carbocycles. The van der Waals surface area contributed by atoms with E-state index in [1.165, 1.54) is 6.42 Å². The van der Waals surface area contributed by atoms with Crippen LogP contribution >= 0.6 is 0 Å². The minimum Gasteiger partial charge on any atom is -0.349 e. The van der Waals surface area contributed by atoms with E-state index in [-0.39, 0.29) is 42.1 Å². The van der Waals surface area contributed by atoms with Crippen molar-refractivity contribution in [3.8, 4) is 0 Å². The molecule has 0 spiro atoms. The van der Waals surface area contributed by atoms with E-state index in [4.69, 9.17) is 5.73 Å². The lowest BCUT2D eigenvalue weighted by Gasteiger charge is -2.45. The maximum Gasteiger partial charge on any atom is 0.251 e. The molecule has 0 aromatic heterocycles. The van der Waals surface area contributed by atoms with Crippen LogP contribution in [-0.2, 0) is 16.0 Å². The van der Waals surface area contributed by atoms with Gasteiger partial charge in [0, 0.05) is 24.1 Å². The summed E-state index contributed by atoms with van der Waals surface area (Å²) in [5.74, 6) is 0.238. The third-order valence-corrected chi connectivity index (χ3v) is 6.44. The second-order valence-corrected chi connectivity index (χ2v) is 8.40. The van der Waals surface area contributed by atoms with Crippen LogP contribution in [-0.4, -0.2) is 29.8 Å². The second-order valence-electron chi connectivity index (χ2n) is 8.40. The summed E-state index contributed by atoms with van der Waals surface area (Å²) in [6, 6.07) is 7.88. The molecule has 1 saturated heterocycles. The zero-order valence-corrected chi connectivity index (χ0v) is 15.4. The predicted octanol–water partition coefficient (Wildman–Crippen LogP) is 1.53. The summed E-state index contributed by atoms with van der Waals surface area (Å²) in [6.07, 6.45) is 6.30. The quantitative estimate of drug-likeness (QED) is 0.701. The molecule has 1 aliphatic heterocycles. The molecule has 6 heteroatoms. The van der Waals surface area contributed by atoms with Gasteiger partial charge in [-0.15, -0.1) is 0 Å². The molecule has 4 rings (SSSR count). The Balaban J connectivity index is 1.38. The van der Waals surface area contributed by atoms with Gasteiger partial charge in [-0.1, -0.05) is 18.6 Å². The van der Waals surface area contributed by atoms with Gasteiger partial charge in [0.2, 0.25) is 11.8 Å². The Hall–Kier alpha value is -2.21. The highest BCUT2D eigenvalue weighted by molar-refractivity contribution is 6.03. The molecule has 3 fully saturated rings. The summed E-state index contributed by atoms with van der Waals surface area (Å²) in [7, 11) is 0. The molecule has 144 valence electrons. The minimum absolute atomic E-state index is 0.0345.